The zero-order valence-corrected chi connectivity index (χ0v) is 9.17. The highest BCUT2D eigenvalue weighted by atomic mass is 32.1. The second kappa shape index (κ2) is 4.32. The Balaban J connectivity index is 2.88. The van der Waals surface area contributed by atoms with E-state index < -0.39 is 0 Å². The third kappa shape index (κ3) is 2.63. The molecule has 0 aliphatic carbocycles. The zero-order chi connectivity index (χ0) is 10.7. The summed E-state index contributed by atoms with van der Waals surface area (Å²) in [5, 5.41) is 0. The molecule has 0 N–H and O–H groups in total. The van der Waals surface area contributed by atoms with E-state index in [-0.39, 0.29) is 16.7 Å². The highest BCUT2D eigenvalue weighted by Crippen LogP contribution is 1.96. The van der Waals surface area contributed by atoms with Crippen molar-refractivity contribution in [2.75, 3.05) is 0 Å². The van der Waals surface area contributed by atoms with Gasteiger partial charge in [0.25, 0.3) is 0 Å². The van der Waals surface area contributed by atoms with Crippen LogP contribution in [0.3, 0.4) is 0 Å². The van der Waals surface area contributed by atoms with Gasteiger partial charge in [-0.25, -0.2) is 9.78 Å². The molecule has 0 aliphatic rings. The third-order valence-corrected chi connectivity index (χ3v) is 1.84. The topological polar surface area (TPSA) is 44.1 Å². The molecule has 0 amide bonds. The lowest BCUT2D eigenvalue weighted by molar-refractivity contribution is -0.148. The Morgan fingerprint density at radius 3 is 2.79 bits per heavy atom. The first-order valence-corrected chi connectivity index (χ1v) is 4.70. The molecule has 1 aromatic rings. The van der Waals surface area contributed by atoms with Crippen LogP contribution in [0.25, 0.3) is 0 Å². The fourth-order valence-corrected chi connectivity index (χ4v) is 0.991. The number of carbonyl (C=O) groups is 1. The van der Waals surface area contributed by atoms with Gasteiger partial charge in [0.15, 0.2) is 0 Å². The first kappa shape index (κ1) is 10.8. The molecular weight excluding hydrogens is 200 g/mol. The lowest BCUT2D eigenvalue weighted by Gasteiger charge is -2.08. The minimum atomic E-state index is -0.327. The van der Waals surface area contributed by atoms with E-state index in [1.807, 2.05) is 6.92 Å². The summed E-state index contributed by atoms with van der Waals surface area (Å²) in [6.07, 6.45) is 1.59. The summed E-state index contributed by atoms with van der Waals surface area (Å²) in [7, 11) is 0. The fraction of sp³-hybridized carbons (Fsp3) is 0.444. The van der Waals surface area contributed by atoms with E-state index >= 15 is 0 Å². The number of rotatable bonds is 2. The first-order valence-electron chi connectivity index (χ1n) is 4.29. The van der Waals surface area contributed by atoms with Crippen molar-refractivity contribution in [1.82, 2.24) is 9.71 Å². The van der Waals surface area contributed by atoms with Gasteiger partial charge in [-0.05, 0) is 25.2 Å². The number of nitrogens with zero attached hydrogens (tertiary/aromatic N) is 2. The summed E-state index contributed by atoms with van der Waals surface area (Å²) in [6, 6.07) is 1.73. The van der Waals surface area contributed by atoms with Crippen LogP contribution in [0.15, 0.2) is 12.3 Å². The van der Waals surface area contributed by atoms with Crippen LogP contribution in [-0.2, 0) is 4.79 Å². The van der Waals surface area contributed by atoms with Gasteiger partial charge in [0.1, 0.15) is 0 Å². The monoisotopic (exact) mass is 212 g/mol. The zero-order valence-electron chi connectivity index (χ0n) is 8.35. The van der Waals surface area contributed by atoms with E-state index in [0.29, 0.717) is 0 Å². The van der Waals surface area contributed by atoms with Crippen molar-refractivity contribution in [2.24, 2.45) is 5.92 Å². The standard InChI is InChI=1S/C9H12N2O2S/c1-6(2)8(12)13-11-5-4-7(3)10-9(11)14/h4-6H,1-3H3. The molecule has 0 saturated carbocycles. The Morgan fingerprint density at radius 2 is 2.29 bits per heavy atom. The summed E-state index contributed by atoms with van der Waals surface area (Å²) in [5.74, 6) is -0.509. The number of aryl methyl sites for hydroxylation is 1. The van der Waals surface area contributed by atoms with E-state index in [1.54, 1.807) is 26.1 Å². The van der Waals surface area contributed by atoms with Crippen LogP contribution in [-0.4, -0.2) is 15.7 Å². The van der Waals surface area contributed by atoms with Crippen LogP contribution in [0, 0.1) is 17.6 Å². The minimum Gasteiger partial charge on any atom is -0.334 e. The molecule has 0 aliphatic heterocycles. The van der Waals surface area contributed by atoms with Crippen LogP contribution in [0.5, 0.6) is 0 Å². The molecule has 76 valence electrons. The Hall–Kier alpha value is -1.23. The molecule has 0 spiro atoms. The van der Waals surface area contributed by atoms with Gasteiger partial charge in [-0.15, -0.1) is 0 Å². The Morgan fingerprint density at radius 1 is 1.64 bits per heavy atom. The van der Waals surface area contributed by atoms with Crippen molar-refractivity contribution in [2.45, 2.75) is 20.8 Å². The number of aromatic nitrogens is 2. The number of hydrogen-bond donors (Lipinski definition) is 0. The van der Waals surface area contributed by atoms with Crippen LogP contribution in [0.2, 0.25) is 0 Å². The molecule has 0 saturated heterocycles. The molecule has 0 aromatic carbocycles. The predicted octanol–water partition coefficient (Wildman–Crippen LogP) is 1.53. The second-order valence-corrected chi connectivity index (χ2v) is 3.61. The summed E-state index contributed by atoms with van der Waals surface area (Å²) >= 11 is 4.92. The van der Waals surface area contributed by atoms with Gasteiger partial charge in [0, 0.05) is 11.9 Å². The van der Waals surface area contributed by atoms with E-state index in [0.717, 1.165) is 5.69 Å². The molecule has 4 nitrogen and oxygen atoms in total. The highest BCUT2D eigenvalue weighted by Gasteiger charge is 2.09. The molecule has 0 bridgehead atoms. The van der Waals surface area contributed by atoms with E-state index in [2.05, 4.69) is 4.98 Å². The van der Waals surface area contributed by atoms with E-state index in [4.69, 9.17) is 17.1 Å². The van der Waals surface area contributed by atoms with Gasteiger partial charge in [-0.1, -0.05) is 13.8 Å². The van der Waals surface area contributed by atoms with Gasteiger partial charge < -0.3 is 4.84 Å². The average Bonchev–Trinajstić information content (AvgIpc) is 2.09. The molecule has 1 aromatic heterocycles. The molecule has 0 radical (unpaired) electrons. The fourth-order valence-electron chi connectivity index (χ4n) is 0.749. The van der Waals surface area contributed by atoms with Crippen LogP contribution in [0.4, 0.5) is 0 Å². The Labute approximate surface area is 87.5 Å². The third-order valence-electron chi connectivity index (χ3n) is 1.57. The number of carbonyl (C=O) groups excluding carboxylic acids is 1. The van der Waals surface area contributed by atoms with Crippen molar-refractivity contribution >= 4 is 18.2 Å². The molecular formula is C9H12N2O2S. The molecule has 1 heterocycles. The molecule has 0 unspecified atom stereocenters. The number of hydrogen-bond acceptors (Lipinski definition) is 4. The van der Waals surface area contributed by atoms with Crippen LogP contribution in [0.1, 0.15) is 19.5 Å². The highest BCUT2D eigenvalue weighted by molar-refractivity contribution is 7.71. The summed E-state index contributed by atoms with van der Waals surface area (Å²) in [5.41, 5.74) is 0.798. The largest absolute Gasteiger partial charge is 0.335 e. The van der Waals surface area contributed by atoms with Crippen molar-refractivity contribution in [3.05, 3.63) is 22.7 Å². The normalized spacial score (nSPS) is 10.3. The van der Waals surface area contributed by atoms with Gasteiger partial charge in [-0.2, -0.15) is 4.73 Å². The van der Waals surface area contributed by atoms with Crippen molar-refractivity contribution in [1.29, 1.82) is 0 Å². The minimum absolute atomic E-state index is 0.182. The molecule has 0 fully saturated rings. The van der Waals surface area contributed by atoms with Gasteiger partial charge >= 0.3 is 5.97 Å². The smallest absolute Gasteiger partial charge is 0.334 e. The predicted molar refractivity (Wildman–Crippen MR) is 54.2 cm³/mol. The maximum absolute atomic E-state index is 11.2. The van der Waals surface area contributed by atoms with E-state index in [9.17, 15) is 4.79 Å². The Bertz CT molecular complexity index is 398. The van der Waals surface area contributed by atoms with Gasteiger partial charge in [0.05, 0.1) is 5.92 Å². The maximum atomic E-state index is 11.2. The molecule has 5 heteroatoms. The van der Waals surface area contributed by atoms with Crippen molar-refractivity contribution < 1.29 is 9.63 Å². The molecule has 0 atom stereocenters. The summed E-state index contributed by atoms with van der Waals surface area (Å²) in [6.45, 7) is 5.34. The van der Waals surface area contributed by atoms with Gasteiger partial charge in [-0.3, -0.25) is 0 Å². The Kier molecular flexibility index (Phi) is 3.35. The first-order chi connectivity index (χ1) is 6.50. The van der Waals surface area contributed by atoms with Crippen LogP contribution >= 0.6 is 12.2 Å². The van der Waals surface area contributed by atoms with E-state index in [1.165, 1.54) is 4.73 Å². The lowest BCUT2D eigenvalue weighted by atomic mass is 10.2. The maximum Gasteiger partial charge on any atom is 0.335 e. The summed E-state index contributed by atoms with van der Waals surface area (Å²) in [4.78, 5) is 20.2. The average molecular weight is 212 g/mol. The van der Waals surface area contributed by atoms with Gasteiger partial charge in [0.2, 0.25) is 4.77 Å². The molecule has 14 heavy (non-hydrogen) atoms. The van der Waals surface area contributed by atoms with Crippen LogP contribution < -0.4 is 4.84 Å². The SMILES string of the molecule is Cc1ccn(OC(=O)C(C)C)c(=S)n1. The second-order valence-electron chi connectivity index (χ2n) is 3.24. The molecule has 1 rings (SSSR count). The lowest BCUT2D eigenvalue weighted by Crippen LogP contribution is -2.24. The quantitative estimate of drug-likeness (QED) is 0.697. The van der Waals surface area contributed by atoms with Crippen molar-refractivity contribution in [3.63, 3.8) is 0 Å². The summed E-state index contributed by atoms with van der Waals surface area (Å²) < 4.78 is 1.45. The van der Waals surface area contributed by atoms with Crippen molar-refractivity contribution in [3.8, 4) is 0 Å².